The van der Waals surface area contributed by atoms with Crippen LogP contribution < -0.4 is 10.4 Å². The van der Waals surface area contributed by atoms with Crippen LogP contribution in [0.15, 0.2) is 84.9 Å². The minimum absolute atomic E-state index is 0.134. The number of rotatable bonds is 4. The SMILES string of the molecule is CCCc1ccc2[cH-]c(CC)cc2c1-c1cc(C(C)(C)C)cc(C(C)(C)C)c1.[Cl][Zr+2][Cl].[c-]1cccc2c1[Si]c1ccccc1-2. The van der Waals surface area contributed by atoms with Crippen molar-refractivity contribution < 1.29 is 20.8 Å². The number of hydrogen-bond acceptors (Lipinski definition) is 0. The van der Waals surface area contributed by atoms with Crippen molar-refractivity contribution in [3.63, 3.8) is 0 Å². The Hall–Kier alpha value is -1.83. The van der Waals surface area contributed by atoms with Crippen LogP contribution in [0.1, 0.15) is 84.1 Å². The normalized spacial score (nSPS) is 12.0. The molecule has 0 N–H and O–H groups in total. The average molecular weight is 715 g/mol. The smallest absolute Gasteiger partial charge is 0.0920 e. The van der Waals surface area contributed by atoms with Gasteiger partial charge in [0.15, 0.2) is 0 Å². The monoisotopic (exact) mass is 712 g/mol. The molecule has 0 unspecified atom stereocenters. The van der Waals surface area contributed by atoms with E-state index in [1.165, 1.54) is 72.1 Å². The Bertz CT molecular complexity index is 1630. The maximum absolute atomic E-state index is 4.93. The van der Waals surface area contributed by atoms with E-state index in [0.29, 0.717) is 0 Å². The van der Waals surface area contributed by atoms with Gasteiger partial charge in [0.1, 0.15) is 0 Å². The van der Waals surface area contributed by atoms with Gasteiger partial charge < -0.3 is 0 Å². The molecule has 5 aromatic rings. The fourth-order valence-corrected chi connectivity index (χ4v) is 7.09. The molecule has 1 heterocycles. The Morgan fingerprint density at radius 1 is 0.795 bits per heavy atom. The molecule has 226 valence electrons. The molecule has 1 aliphatic rings. The Kier molecular flexibility index (Phi) is 12.1. The van der Waals surface area contributed by atoms with Crippen LogP contribution in [0.2, 0.25) is 0 Å². The van der Waals surface area contributed by atoms with Crippen molar-refractivity contribution in [3.8, 4) is 22.3 Å². The Morgan fingerprint density at radius 2 is 1.43 bits per heavy atom. The number of benzene rings is 4. The van der Waals surface area contributed by atoms with Gasteiger partial charge in [0.2, 0.25) is 0 Å². The molecule has 6 rings (SSSR count). The molecule has 44 heavy (non-hydrogen) atoms. The van der Waals surface area contributed by atoms with Crippen molar-refractivity contribution in [2.75, 3.05) is 0 Å². The predicted octanol–water partition coefficient (Wildman–Crippen LogP) is 10.8. The van der Waals surface area contributed by atoms with Crippen LogP contribution in [0.4, 0.5) is 0 Å². The minimum atomic E-state index is -0.826. The molecule has 0 atom stereocenters. The van der Waals surface area contributed by atoms with E-state index in [-0.39, 0.29) is 10.8 Å². The molecule has 0 spiro atoms. The zero-order valence-electron chi connectivity index (χ0n) is 27.5. The molecule has 5 aromatic carbocycles. The first-order valence-corrected chi connectivity index (χ1v) is 22.9. The molecule has 0 nitrogen and oxygen atoms in total. The Labute approximate surface area is 287 Å². The van der Waals surface area contributed by atoms with Crippen LogP contribution in [-0.4, -0.2) is 9.52 Å². The van der Waals surface area contributed by atoms with E-state index in [1.807, 2.05) is 6.07 Å². The quantitative estimate of drug-likeness (QED) is 0.126. The standard InChI is InChI=1S/C28H37.C12H7Si.2ClH.Zr/c1-9-11-20-12-13-21-14-19(10-2)15-25(21)26(20)22-16-23(27(3,4)5)18-24(17-22)28(6,7)8;1-3-7-11-9(5-1)10-6-2-4-8-12(10)13-11;;;/h12-18H,9-11H2,1-8H3;1-7H;2*1H;/q2*-1;;;+4/p-2. The molecule has 0 fully saturated rings. The van der Waals surface area contributed by atoms with Gasteiger partial charge in [-0.2, -0.15) is 35.5 Å². The molecular weight excluding hydrogens is 671 g/mol. The van der Waals surface area contributed by atoms with Crippen LogP contribution in [0.5, 0.6) is 0 Å². The van der Waals surface area contributed by atoms with Gasteiger partial charge in [-0.15, -0.1) is 40.1 Å². The molecule has 4 heteroatoms. The maximum Gasteiger partial charge on any atom is 0.0920 e. The van der Waals surface area contributed by atoms with Crippen LogP contribution in [0.3, 0.4) is 0 Å². The van der Waals surface area contributed by atoms with E-state index in [9.17, 15) is 0 Å². The zero-order chi connectivity index (χ0) is 32.1. The van der Waals surface area contributed by atoms with E-state index in [1.54, 1.807) is 0 Å². The fraction of sp³-hybridized carbons (Fsp3) is 0.325. The van der Waals surface area contributed by atoms with Crippen LogP contribution >= 0.6 is 17.0 Å². The molecule has 0 saturated carbocycles. The van der Waals surface area contributed by atoms with Gasteiger partial charge >= 0.3 is 37.9 Å². The summed E-state index contributed by atoms with van der Waals surface area (Å²) < 4.78 is 0. The first-order valence-electron chi connectivity index (χ1n) is 15.6. The second-order valence-corrected chi connectivity index (χ2v) is 18.6. The second kappa shape index (κ2) is 15.2. The largest absolute Gasteiger partial charge is 0.184 e. The van der Waals surface area contributed by atoms with E-state index in [4.69, 9.17) is 17.0 Å². The van der Waals surface area contributed by atoms with Crippen molar-refractivity contribution in [3.05, 3.63) is 113 Å². The number of halogens is 2. The summed E-state index contributed by atoms with van der Waals surface area (Å²) in [4.78, 5) is 0. The van der Waals surface area contributed by atoms with Gasteiger partial charge in [0.05, 0.1) is 9.52 Å². The summed E-state index contributed by atoms with van der Waals surface area (Å²) in [5.41, 5.74) is 11.7. The van der Waals surface area contributed by atoms with Crippen molar-refractivity contribution in [2.45, 2.75) is 85.5 Å². The Morgan fingerprint density at radius 3 is 2.05 bits per heavy atom. The van der Waals surface area contributed by atoms with Crippen LogP contribution in [0, 0.1) is 6.07 Å². The van der Waals surface area contributed by atoms with E-state index >= 15 is 0 Å². The third-order valence-electron chi connectivity index (χ3n) is 8.25. The summed E-state index contributed by atoms with van der Waals surface area (Å²) in [5.74, 6) is 0. The summed E-state index contributed by atoms with van der Waals surface area (Å²) in [6, 6.07) is 35.0. The summed E-state index contributed by atoms with van der Waals surface area (Å²) in [6.07, 6.45) is 3.39. The molecule has 1 aliphatic heterocycles. The van der Waals surface area contributed by atoms with Crippen molar-refractivity contribution in [1.29, 1.82) is 0 Å². The van der Waals surface area contributed by atoms with Gasteiger partial charge in [0, 0.05) is 0 Å². The number of hydrogen-bond donors (Lipinski definition) is 0. The van der Waals surface area contributed by atoms with E-state index in [2.05, 4.69) is 140 Å². The van der Waals surface area contributed by atoms with E-state index in [0.717, 1.165) is 22.4 Å². The summed E-state index contributed by atoms with van der Waals surface area (Å²) >= 11 is -0.826. The van der Waals surface area contributed by atoms with E-state index < -0.39 is 20.8 Å². The minimum Gasteiger partial charge on any atom is -0.184 e. The third kappa shape index (κ3) is 8.30. The summed E-state index contributed by atoms with van der Waals surface area (Å²) in [7, 11) is 10.7. The van der Waals surface area contributed by atoms with Crippen molar-refractivity contribution in [1.82, 2.24) is 0 Å². The second-order valence-electron chi connectivity index (χ2n) is 13.6. The summed E-state index contributed by atoms with van der Waals surface area (Å²) in [6.45, 7) is 18.5. The molecule has 0 saturated heterocycles. The average Bonchev–Trinajstić information content (AvgIpc) is 3.58. The molecular formula is C40H44Cl2SiZr. The molecule has 0 aliphatic carbocycles. The predicted molar refractivity (Wildman–Crippen MR) is 193 cm³/mol. The third-order valence-corrected chi connectivity index (χ3v) is 9.62. The van der Waals surface area contributed by atoms with Crippen molar-refractivity contribution >= 4 is 47.7 Å². The molecule has 2 radical (unpaired) electrons. The van der Waals surface area contributed by atoms with Crippen LogP contribution in [-0.2, 0) is 44.5 Å². The van der Waals surface area contributed by atoms with Crippen molar-refractivity contribution in [2.24, 2.45) is 0 Å². The first kappa shape index (κ1) is 35.0. The molecule has 0 aromatic heterocycles. The van der Waals surface area contributed by atoms with Gasteiger partial charge in [0.25, 0.3) is 0 Å². The van der Waals surface area contributed by atoms with Gasteiger partial charge in [-0.25, -0.2) is 0 Å². The fourth-order valence-electron chi connectivity index (χ4n) is 5.78. The maximum atomic E-state index is 4.93. The number of fused-ring (bicyclic) bond motifs is 4. The Balaban J connectivity index is 0.000000226. The van der Waals surface area contributed by atoms with Gasteiger partial charge in [-0.1, -0.05) is 126 Å². The summed E-state index contributed by atoms with van der Waals surface area (Å²) in [5, 5.41) is 5.63. The van der Waals surface area contributed by atoms with Gasteiger partial charge in [-0.3, -0.25) is 0 Å². The zero-order valence-corrected chi connectivity index (χ0v) is 32.4. The van der Waals surface area contributed by atoms with Gasteiger partial charge in [-0.05, 0) is 40.4 Å². The number of aryl methyl sites for hydroxylation is 2. The topological polar surface area (TPSA) is 0 Å². The van der Waals surface area contributed by atoms with Crippen LogP contribution in [0.25, 0.3) is 33.0 Å². The first-order chi connectivity index (χ1) is 20.9. The molecule has 0 bridgehead atoms. The molecule has 0 amide bonds.